The van der Waals surface area contributed by atoms with E-state index in [-0.39, 0.29) is 6.10 Å². The van der Waals surface area contributed by atoms with E-state index in [2.05, 4.69) is 48.5 Å². The van der Waals surface area contributed by atoms with E-state index in [1.54, 1.807) is 0 Å². The first-order chi connectivity index (χ1) is 8.34. The number of benzene rings is 2. The van der Waals surface area contributed by atoms with Gasteiger partial charge in [0.05, 0.1) is 0 Å². The molecule has 17 heavy (non-hydrogen) atoms. The number of rotatable bonds is 2. The summed E-state index contributed by atoms with van der Waals surface area (Å²) in [5.41, 5.74) is 2.67. The van der Waals surface area contributed by atoms with E-state index in [9.17, 15) is 5.11 Å². The monoisotopic (exact) mass is 290 g/mol. The summed E-state index contributed by atoms with van der Waals surface area (Å²) in [7, 11) is 0. The van der Waals surface area contributed by atoms with Crippen molar-refractivity contribution in [1.82, 2.24) is 0 Å². The van der Waals surface area contributed by atoms with Crippen molar-refractivity contribution in [3.05, 3.63) is 65.7 Å². The van der Waals surface area contributed by atoms with Crippen LogP contribution in [-0.2, 0) is 6.42 Å². The molecule has 0 radical (unpaired) electrons. The molecule has 2 aromatic rings. The third kappa shape index (κ3) is 2.16. The number of aliphatic hydroxyl groups is 1. The molecule has 3 rings (SSSR count). The molecule has 0 aromatic heterocycles. The van der Waals surface area contributed by atoms with Crippen molar-refractivity contribution in [3.8, 4) is 0 Å². The predicted octanol–water partition coefficient (Wildman–Crippen LogP) is 1.67. The molecule has 0 saturated carbocycles. The van der Waals surface area contributed by atoms with Gasteiger partial charge < -0.3 is 0 Å². The molecule has 2 aromatic carbocycles. The van der Waals surface area contributed by atoms with Crippen LogP contribution < -0.4 is 4.46 Å². The second kappa shape index (κ2) is 4.66. The van der Waals surface area contributed by atoms with E-state index in [0.29, 0.717) is 19.8 Å². The van der Waals surface area contributed by atoms with Crippen LogP contribution in [0.5, 0.6) is 0 Å². The molecule has 0 heterocycles. The Kier molecular flexibility index (Phi) is 3.02. The molecule has 2 heteroatoms. The molecular formula is C15H14OSe. The van der Waals surface area contributed by atoms with Gasteiger partial charge in [-0.3, -0.25) is 0 Å². The van der Waals surface area contributed by atoms with E-state index >= 15 is 0 Å². The van der Waals surface area contributed by atoms with Crippen molar-refractivity contribution in [2.24, 2.45) is 0 Å². The van der Waals surface area contributed by atoms with Crippen LogP contribution in [0.4, 0.5) is 0 Å². The minimum atomic E-state index is -0.201. The van der Waals surface area contributed by atoms with Crippen molar-refractivity contribution in [2.75, 3.05) is 0 Å². The summed E-state index contributed by atoms with van der Waals surface area (Å²) in [6.07, 6.45) is 0.614. The molecule has 1 aliphatic rings. The van der Waals surface area contributed by atoms with Crippen LogP contribution in [0.15, 0.2) is 54.6 Å². The normalized spacial score (nSPS) is 22.4. The zero-order chi connectivity index (χ0) is 11.7. The van der Waals surface area contributed by atoms with Crippen LogP contribution in [-0.4, -0.2) is 26.2 Å². The van der Waals surface area contributed by atoms with E-state index < -0.39 is 0 Å². The van der Waals surface area contributed by atoms with Crippen molar-refractivity contribution in [2.45, 2.75) is 17.3 Å². The van der Waals surface area contributed by atoms with Crippen molar-refractivity contribution < 1.29 is 5.11 Å². The quantitative estimate of drug-likeness (QED) is 0.834. The van der Waals surface area contributed by atoms with Crippen molar-refractivity contribution in [3.63, 3.8) is 0 Å². The Bertz CT molecular complexity index is 509. The number of aliphatic hydroxyl groups excluding tert-OH is 1. The van der Waals surface area contributed by atoms with Crippen LogP contribution in [0.2, 0.25) is 0 Å². The van der Waals surface area contributed by atoms with Gasteiger partial charge in [0.25, 0.3) is 0 Å². The fourth-order valence-corrected chi connectivity index (χ4v) is 4.88. The van der Waals surface area contributed by atoms with E-state index in [1.165, 1.54) is 15.6 Å². The Labute approximate surface area is 108 Å². The van der Waals surface area contributed by atoms with Crippen LogP contribution >= 0.6 is 0 Å². The second-order valence-electron chi connectivity index (χ2n) is 4.32. The van der Waals surface area contributed by atoms with Crippen LogP contribution in [0.25, 0.3) is 0 Å². The van der Waals surface area contributed by atoms with Gasteiger partial charge in [0.15, 0.2) is 0 Å². The summed E-state index contributed by atoms with van der Waals surface area (Å²) in [5, 5.41) is 10.2. The molecule has 0 saturated heterocycles. The Hall–Kier alpha value is -1.08. The number of fused-ring (bicyclic) bond motifs is 1. The summed E-state index contributed by atoms with van der Waals surface area (Å²) in [5.74, 6) is 0. The maximum atomic E-state index is 10.2. The minimum absolute atomic E-state index is 0.201. The summed E-state index contributed by atoms with van der Waals surface area (Å²) < 4.78 is 1.36. The summed E-state index contributed by atoms with van der Waals surface area (Å²) in [6.45, 7) is 0. The number of hydrogen-bond donors (Lipinski definition) is 1. The van der Waals surface area contributed by atoms with Gasteiger partial charge in [-0.2, -0.15) is 0 Å². The van der Waals surface area contributed by atoms with Gasteiger partial charge in [0.2, 0.25) is 0 Å². The SMILES string of the molecule is O[C@H]1Cc2ccccc2[C@@H]1[Se]c1ccccc1. The molecule has 2 atom stereocenters. The van der Waals surface area contributed by atoms with Crippen molar-refractivity contribution in [1.29, 1.82) is 0 Å². The third-order valence-electron chi connectivity index (χ3n) is 3.15. The first kappa shape index (κ1) is 11.0. The number of hydrogen-bond acceptors (Lipinski definition) is 1. The van der Waals surface area contributed by atoms with Gasteiger partial charge in [0.1, 0.15) is 0 Å². The topological polar surface area (TPSA) is 20.2 Å². The molecule has 0 bridgehead atoms. The molecular weight excluding hydrogens is 275 g/mol. The van der Waals surface area contributed by atoms with Gasteiger partial charge in [0, 0.05) is 0 Å². The molecule has 0 spiro atoms. The van der Waals surface area contributed by atoms with Crippen LogP contribution in [0.1, 0.15) is 15.9 Å². The predicted molar refractivity (Wildman–Crippen MR) is 70.7 cm³/mol. The zero-order valence-electron chi connectivity index (χ0n) is 9.41. The molecule has 86 valence electrons. The Morgan fingerprint density at radius 1 is 0.941 bits per heavy atom. The van der Waals surface area contributed by atoms with Gasteiger partial charge in [-0.15, -0.1) is 0 Å². The first-order valence-corrected chi connectivity index (χ1v) is 7.67. The molecule has 0 amide bonds. The summed E-state index contributed by atoms with van der Waals surface area (Å²) in [6, 6.07) is 18.9. The molecule has 1 N–H and O–H groups in total. The zero-order valence-corrected chi connectivity index (χ0v) is 11.1. The molecule has 1 aliphatic carbocycles. The first-order valence-electron chi connectivity index (χ1n) is 5.82. The average Bonchev–Trinajstić information content (AvgIpc) is 2.68. The molecule has 1 nitrogen and oxygen atoms in total. The fraction of sp³-hybridized carbons (Fsp3) is 0.200. The Morgan fingerprint density at radius 3 is 2.47 bits per heavy atom. The summed E-state index contributed by atoms with van der Waals surface area (Å²) in [4.78, 5) is 0.320. The van der Waals surface area contributed by atoms with Gasteiger partial charge in [-0.05, 0) is 0 Å². The van der Waals surface area contributed by atoms with E-state index in [0.717, 1.165) is 6.42 Å². The van der Waals surface area contributed by atoms with Gasteiger partial charge >= 0.3 is 108 Å². The Balaban J connectivity index is 1.89. The van der Waals surface area contributed by atoms with E-state index in [1.807, 2.05) is 6.07 Å². The Morgan fingerprint density at radius 2 is 1.65 bits per heavy atom. The fourth-order valence-electron chi connectivity index (χ4n) is 2.32. The van der Waals surface area contributed by atoms with Crippen LogP contribution in [0.3, 0.4) is 0 Å². The molecule has 0 unspecified atom stereocenters. The third-order valence-corrected chi connectivity index (χ3v) is 6.01. The average molecular weight is 289 g/mol. The standard InChI is InChI=1S/C15H14OSe/c16-14-10-11-6-4-5-9-13(11)15(14)17-12-7-2-1-3-8-12/h1-9,14-16H,10H2/t14-,15-/m0/s1. The van der Waals surface area contributed by atoms with Gasteiger partial charge in [-0.1, -0.05) is 0 Å². The molecule has 0 aliphatic heterocycles. The maximum absolute atomic E-state index is 10.2. The summed E-state index contributed by atoms with van der Waals surface area (Å²) >= 11 is 0.313. The van der Waals surface area contributed by atoms with Gasteiger partial charge in [-0.25, -0.2) is 0 Å². The second-order valence-corrected chi connectivity index (χ2v) is 6.87. The molecule has 0 fully saturated rings. The van der Waals surface area contributed by atoms with Crippen molar-refractivity contribution >= 4 is 19.4 Å². The van der Waals surface area contributed by atoms with Crippen LogP contribution in [0, 0.1) is 0 Å². The van der Waals surface area contributed by atoms with E-state index in [4.69, 9.17) is 0 Å².